The lowest BCUT2D eigenvalue weighted by Gasteiger charge is -2.17. The van der Waals surface area contributed by atoms with E-state index in [0.717, 1.165) is 18.9 Å². The normalized spacial score (nSPS) is 10.6. The number of nitrogens with zero attached hydrogens (tertiary/aromatic N) is 2. The highest BCUT2D eigenvalue weighted by molar-refractivity contribution is 5.98. The molecule has 0 aliphatic carbocycles. The van der Waals surface area contributed by atoms with Crippen molar-refractivity contribution in [3.8, 4) is 0 Å². The van der Waals surface area contributed by atoms with Crippen molar-refractivity contribution in [2.45, 2.75) is 19.8 Å². The molecule has 1 aromatic heterocycles. The lowest BCUT2D eigenvalue weighted by atomic mass is 10.1. The van der Waals surface area contributed by atoms with Crippen LogP contribution in [0.4, 0.5) is 0 Å². The van der Waals surface area contributed by atoms with Crippen LogP contribution in [-0.4, -0.2) is 40.5 Å². The second-order valence-electron chi connectivity index (χ2n) is 4.21. The van der Waals surface area contributed by atoms with Gasteiger partial charge in [0.2, 0.25) is 0 Å². The first-order valence-corrected chi connectivity index (χ1v) is 6.16. The minimum absolute atomic E-state index is 0.124. The largest absolute Gasteiger partial charge is 0.478 e. The van der Waals surface area contributed by atoms with Crippen LogP contribution in [0, 0.1) is 0 Å². The van der Waals surface area contributed by atoms with Crippen molar-refractivity contribution in [1.82, 2.24) is 9.88 Å². The number of unbranched alkanes of at least 4 members (excludes halogenated alkanes) is 1. The standard InChI is InChI=1S/C14H18N2O3/c1-3-4-9-16(2)14(19)12-7-8-15-10-11(12)5-6-13(17)18/h5-8,10H,3-4,9H2,1-2H3,(H,17,18). The molecule has 1 N–H and O–H groups in total. The van der Waals surface area contributed by atoms with E-state index in [0.29, 0.717) is 17.7 Å². The number of carbonyl (C=O) groups excluding carboxylic acids is 1. The predicted octanol–water partition coefficient (Wildman–Crippen LogP) is 2.05. The maximum Gasteiger partial charge on any atom is 0.328 e. The second-order valence-corrected chi connectivity index (χ2v) is 4.21. The third kappa shape index (κ3) is 4.54. The lowest BCUT2D eigenvalue weighted by molar-refractivity contribution is -0.131. The van der Waals surface area contributed by atoms with Crippen LogP contribution in [0.1, 0.15) is 35.7 Å². The molecule has 1 aromatic rings. The highest BCUT2D eigenvalue weighted by Gasteiger charge is 2.14. The van der Waals surface area contributed by atoms with Gasteiger partial charge in [0.15, 0.2) is 0 Å². The zero-order valence-electron chi connectivity index (χ0n) is 11.2. The molecular formula is C14H18N2O3. The summed E-state index contributed by atoms with van der Waals surface area (Å²) >= 11 is 0. The van der Waals surface area contributed by atoms with E-state index < -0.39 is 5.97 Å². The van der Waals surface area contributed by atoms with Crippen LogP contribution in [-0.2, 0) is 4.79 Å². The minimum Gasteiger partial charge on any atom is -0.478 e. The number of carbonyl (C=O) groups is 2. The smallest absolute Gasteiger partial charge is 0.328 e. The van der Waals surface area contributed by atoms with Gasteiger partial charge in [-0.3, -0.25) is 9.78 Å². The van der Waals surface area contributed by atoms with Gasteiger partial charge in [0.05, 0.1) is 0 Å². The molecular weight excluding hydrogens is 244 g/mol. The van der Waals surface area contributed by atoms with Gasteiger partial charge in [-0.1, -0.05) is 13.3 Å². The highest BCUT2D eigenvalue weighted by Crippen LogP contribution is 2.12. The monoisotopic (exact) mass is 262 g/mol. The number of rotatable bonds is 6. The molecule has 0 atom stereocenters. The summed E-state index contributed by atoms with van der Waals surface area (Å²) in [6.45, 7) is 2.74. The summed E-state index contributed by atoms with van der Waals surface area (Å²) < 4.78 is 0. The molecule has 0 aliphatic heterocycles. The van der Waals surface area contributed by atoms with Crippen molar-refractivity contribution in [3.05, 3.63) is 35.7 Å². The first-order valence-electron chi connectivity index (χ1n) is 6.16. The summed E-state index contributed by atoms with van der Waals surface area (Å²) in [5.41, 5.74) is 0.976. The average molecular weight is 262 g/mol. The van der Waals surface area contributed by atoms with Crippen LogP contribution in [0.15, 0.2) is 24.5 Å². The molecule has 5 nitrogen and oxygen atoms in total. The zero-order valence-corrected chi connectivity index (χ0v) is 11.2. The molecule has 102 valence electrons. The van der Waals surface area contributed by atoms with Crippen LogP contribution in [0.2, 0.25) is 0 Å². The Bertz CT molecular complexity index is 483. The molecule has 1 amide bonds. The second kappa shape index (κ2) is 7.31. The van der Waals surface area contributed by atoms with Crippen LogP contribution in [0.25, 0.3) is 6.08 Å². The van der Waals surface area contributed by atoms with Gasteiger partial charge in [0.1, 0.15) is 0 Å². The fourth-order valence-corrected chi connectivity index (χ4v) is 1.60. The van der Waals surface area contributed by atoms with Gasteiger partial charge < -0.3 is 10.0 Å². The number of carboxylic acids is 1. The van der Waals surface area contributed by atoms with E-state index in [1.165, 1.54) is 18.5 Å². The van der Waals surface area contributed by atoms with E-state index in [2.05, 4.69) is 11.9 Å². The Balaban J connectivity index is 2.93. The number of hydrogen-bond donors (Lipinski definition) is 1. The van der Waals surface area contributed by atoms with Crippen molar-refractivity contribution < 1.29 is 14.7 Å². The SMILES string of the molecule is CCCCN(C)C(=O)c1ccncc1C=CC(=O)O. The highest BCUT2D eigenvalue weighted by atomic mass is 16.4. The molecule has 1 heterocycles. The van der Waals surface area contributed by atoms with E-state index in [1.807, 2.05) is 0 Å². The van der Waals surface area contributed by atoms with Gasteiger partial charge in [0.25, 0.3) is 5.91 Å². The Morgan fingerprint density at radius 1 is 1.47 bits per heavy atom. The Hall–Kier alpha value is -2.17. The molecule has 0 aliphatic rings. The summed E-state index contributed by atoms with van der Waals surface area (Å²) in [7, 11) is 1.74. The van der Waals surface area contributed by atoms with Gasteiger partial charge in [-0.05, 0) is 18.6 Å². The fraction of sp³-hybridized carbons (Fsp3) is 0.357. The van der Waals surface area contributed by atoms with Crippen molar-refractivity contribution in [2.75, 3.05) is 13.6 Å². The van der Waals surface area contributed by atoms with Crippen molar-refractivity contribution in [3.63, 3.8) is 0 Å². The van der Waals surface area contributed by atoms with Gasteiger partial charge >= 0.3 is 5.97 Å². The van der Waals surface area contributed by atoms with Crippen LogP contribution < -0.4 is 0 Å². The third-order valence-electron chi connectivity index (χ3n) is 2.68. The van der Waals surface area contributed by atoms with Gasteiger partial charge in [-0.25, -0.2) is 4.79 Å². The number of hydrogen-bond acceptors (Lipinski definition) is 3. The maximum atomic E-state index is 12.2. The molecule has 0 spiro atoms. The fourth-order valence-electron chi connectivity index (χ4n) is 1.60. The molecule has 19 heavy (non-hydrogen) atoms. The molecule has 1 rings (SSSR count). The van der Waals surface area contributed by atoms with Crippen molar-refractivity contribution in [1.29, 1.82) is 0 Å². The van der Waals surface area contributed by atoms with Crippen LogP contribution >= 0.6 is 0 Å². The van der Waals surface area contributed by atoms with Crippen molar-refractivity contribution in [2.24, 2.45) is 0 Å². The number of amides is 1. The maximum absolute atomic E-state index is 12.2. The quantitative estimate of drug-likeness (QED) is 0.796. The summed E-state index contributed by atoms with van der Waals surface area (Å²) in [5, 5.41) is 8.63. The summed E-state index contributed by atoms with van der Waals surface area (Å²) in [6.07, 6.45) is 7.35. The molecule has 0 radical (unpaired) electrons. The number of aromatic nitrogens is 1. The molecule has 0 saturated heterocycles. The predicted molar refractivity (Wildman–Crippen MR) is 72.8 cm³/mol. The number of pyridine rings is 1. The Morgan fingerprint density at radius 2 is 2.21 bits per heavy atom. The molecule has 0 saturated carbocycles. The molecule has 5 heteroatoms. The van der Waals surface area contributed by atoms with Gasteiger partial charge in [-0.2, -0.15) is 0 Å². The van der Waals surface area contributed by atoms with Crippen LogP contribution in [0.3, 0.4) is 0 Å². The first kappa shape index (κ1) is 14.9. The van der Waals surface area contributed by atoms with E-state index in [1.54, 1.807) is 18.0 Å². The van der Waals surface area contributed by atoms with E-state index in [-0.39, 0.29) is 5.91 Å². The molecule has 0 aromatic carbocycles. The summed E-state index contributed by atoms with van der Waals surface area (Å²) in [6, 6.07) is 1.60. The molecule has 0 unspecified atom stereocenters. The van der Waals surface area contributed by atoms with E-state index in [9.17, 15) is 9.59 Å². The first-order chi connectivity index (χ1) is 9.06. The minimum atomic E-state index is -1.05. The van der Waals surface area contributed by atoms with Gasteiger partial charge in [0, 0.05) is 43.2 Å². The Labute approximate surface area is 112 Å². The van der Waals surface area contributed by atoms with Gasteiger partial charge in [-0.15, -0.1) is 0 Å². The average Bonchev–Trinajstić information content (AvgIpc) is 2.42. The Kier molecular flexibility index (Phi) is 5.73. The lowest BCUT2D eigenvalue weighted by Crippen LogP contribution is -2.28. The Morgan fingerprint density at radius 3 is 2.84 bits per heavy atom. The van der Waals surface area contributed by atoms with E-state index in [4.69, 9.17) is 5.11 Å². The molecule has 0 fully saturated rings. The topological polar surface area (TPSA) is 70.5 Å². The van der Waals surface area contributed by atoms with Crippen molar-refractivity contribution >= 4 is 18.0 Å². The van der Waals surface area contributed by atoms with Crippen LogP contribution in [0.5, 0.6) is 0 Å². The number of carboxylic acid groups (broad SMARTS) is 1. The number of aliphatic carboxylic acids is 1. The summed E-state index contributed by atoms with van der Waals surface area (Å²) in [5.74, 6) is -1.18. The zero-order chi connectivity index (χ0) is 14.3. The third-order valence-corrected chi connectivity index (χ3v) is 2.68. The summed E-state index contributed by atoms with van der Waals surface area (Å²) in [4.78, 5) is 28.3. The molecule has 0 bridgehead atoms. The van der Waals surface area contributed by atoms with E-state index >= 15 is 0 Å².